The molecule has 4 atom stereocenters. The molecule has 4 amide bonds. The molecule has 4 unspecified atom stereocenters. The molecule has 0 radical (unpaired) electrons. The maximum atomic E-state index is 13.2. The number of hydrogen-bond acceptors (Lipinski definition) is 7. The Morgan fingerprint density at radius 1 is 0.947 bits per heavy atom. The minimum Gasteiger partial charge on any atom is -0.480 e. The fraction of sp³-hybridized carbons (Fsp3) is 0.480. The first-order valence-corrected chi connectivity index (χ1v) is 12.3. The molecule has 1 aromatic heterocycles. The quantitative estimate of drug-likeness (QED) is 0.140. The van der Waals surface area contributed by atoms with Crippen molar-refractivity contribution in [1.82, 2.24) is 20.9 Å². The Hall–Kier alpha value is -3.97. The molecule has 208 valence electrons. The van der Waals surface area contributed by atoms with Gasteiger partial charge in [0.25, 0.3) is 0 Å². The minimum absolute atomic E-state index is 0.0390. The Labute approximate surface area is 219 Å². The largest absolute Gasteiger partial charge is 0.480 e. The van der Waals surface area contributed by atoms with Crippen molar-refractivity contribution < 1.29 is 34.2 Å². The zero-order valence-corrected chi connectivity index (χ0v) is 21.4. The Bertz CT molecular complexity index is 1150. The van der Waals surface area contributed by atoms with Crippen LogP contribution in [0.1, 0.15) is 38.7 Å². The smallest absolute Gasteiger partial charge is 0.326 e. The molecular weight excluding hydrogens is 496 g/mol. The number of aliphatic hydroxyl groups is 1. The van der Waals surface area contributed by atoms with Crippen molar-refractivity contribution >= 4 is 40.5 Å². The van der Waals surface area contributed by atoms with Gasteiger partial charge in [-0.05, 0) is 30.4 Å². The average molecular weight is 533 g/mol. The molecule has 10 N–H and O–H groups in total. The lowest BCUT2D eigenvalue weighted by Crippen LogP contribution is -2.58. The summed E-state index contributed by atoms with van der Waals surface area (Å²) in [5.41, 5.74) is 12.4. The zero-order chi connectivity index (χ0) is 28.4. The minimum atomic E-state index is -1.43. The number of amides is 4. The first kappa shape index (κ1) is 30.3. The molecule has 0 saturated heterocycles. The van der Waals surface area contributed by atoms with E-state index in [0.717, 1.165) is 10.9 Å². The molecule has 0 aliphatic carbocycles. The second-order valence-corrected chi connectivity index (χ2v) is 9.51. The number of benzene rings is 1. The van der Waals surface area contributed by atoms with Crippen molar-refractivity contribution in [1.29, 1.82) is 0 Å². The van der Waals surface area contributed by atoms with Gasteiger partial charge in [-0.15, -0.1) is 0 Å². The van der Waals surface area contributed by atoms with E-state index in [1.54, 1.807) is 12.3 Å². The SMILES string of the molecule is CC(C)CC(N)C(=O)NC(CO)C(=O)NC(Cc1c[nH]c2ccccc12)C(=O)NC(CCC(N)=O)C(=O)O. The van der Waals surface area contributed by atoms with E-state index in [4.69, 9.17) is 11.5 Å². The van der Waals surface area contributed by atoms with Crippen LogP contribution in [0.15, 0.2) is 30.5 Å². The summed E-state index contributed by atoms with van der Waals surface area (Å²) in [7, 11) is 0. The fourth-order valence-electron chi connectivity index (χ4n) is 3.91. The number of aliphatic carboxylic acids is 1. The fourth-order valence-corrected chi connectivity index (χ4v) is 3.91. The Morgan fingerprint density at radius 2 is 1.55 bits per heavy atom. The van der Waals surface area contributed by atoms with Crippen molar-refractivity contribution in [2.24, 2.45) is 17.4 Å². The first-order valence-electron chi connectivity index (χ1n) is 12.3. The monoisotopic (exact) mass is 532 g/mol. The highest BCUT2D eigenvalue weighted by atomic mass is 16.4. The normalized spacial score (nSPS) is 14.3. The van der Waals surface area contributed by atoms with Gasteiger partial charge < -0.3 is 42.6 Å². The van der Waals surface area contributed by atoms with Crippen molar-refractivity contribution in [2.75, 3.05) is 6.61 Å². The van der Waals surface area contributed by atoms with Crippen molar-refractivity contribution in [3.05, 3.63) is 36.0 Å². The Balaban J connectivity index is 2.25. The molecule has 13 heteroatoms. The third-order valence-corrected chi connectivity index (χ3v) is 5.90. The van der Waals surface area contributed by atoms with Gasteiger partial charge in [0.1, 0.15) is 18.1 Å². The van der Waals surface area contributed by atoms with Gasteiger partial charge >= 0.3 is 5.97 Å². The summed E-state index contributed by atoms with van der Waals surface area (Å²) in [5.74, 6) is -4.31. The molecule has 0 saturated carbocycles. The van der Waals surface area contributed by atoms with Crippen LogP contribution in [0.25, 0.3) is 10.9 Å². The predicted molar refractivity (Wildman–Crippen MR) is 138 cm³/mol. The van der Waals surface area contributed by atoms with Gasteiger partial charge in [-0.3, -0.25) is 19.2 Å². The van der Waals surface area contributed by atoms with Crippen LogP contribution in [-0.2, 0) is 30.4 Å². The molecule has 2 aromatic rings. The van der Waals surface area contributed by atoms with E-state index >= 15 is 0 Å². The van der Waals surface area contributed by atoms with Crippen LogP contribution in [0, 0.1) is 5.92 Å². The van der Waals surface area contributed by atoms with Crippen molar-refractivity contribution in [2.45, 2.75) is 63.7 Å². The maximum absolute atomic E-state index is 13.2. The first-order chi connectivity index (χ1) is 17.9. The summed E-state index contributed by atoms with van der Waals surface area (Å²) in [4.78, 5) is 64.4. The van der Waals surface area contributed by atoms with Crippen LogP contribution < -0.4 is 27.4 Å². The number of carboxylic acid groups (broad SMARTS) is 1. The number of aromatic nitrogens is 1. The van der Waals surface area contributed by atoms with E-state index in [1.807, 2.05) is 32.0 Å². The third-order valence-electron chi connectivity index (χ3n) is 5.90. The highest BCUT2D eigenvalue weighted by molar-refractivity contribution is 5.95. The molecular formula is C25H36N6O7. The summed E-state index contributed by atoms with van der Waals surface area (Å²) in [6, 6.07) is 2.25. The van der Waals surface area contributed by atoms with Crippen molar-refractivity contribution in [3.63, 3.8) is 0 Å². The molecule has 0 fully saturated rings. The lowest BCUT2D eigenvalue weighted by molar-refractivity contribution is -0.142. The van der Waals surface area contributed by atoms with Gasteiger partial charge in [0.2, 0.25) is 23.6 Å². The molecule has 2 rings (SSSR count). The highest BCUT2D eigenvalue weighted by Crippen LogP contribution is 2.19. The van der Waals surface area contributed by atoms with E-state index in [2.05, 4.69) is 20.9 Å². The zero-order valence-electron chi connectivity index (χ0n) is 21.4. The number of aromatic amines is 1. The number of fused-ring (bicyclic) bond motifs is 1. The number of rotatable bonds is 15. The van der Waals surface area contributed by atoms with Gasteiger partial charge in [-0.1, -0.05) is 32.0 Å². The molecule has 0 aliphatic rings. The number of carboxylic acids is 1. The van der Waals surface area contributed by atoms with Gasteiger partial charge in [0.15, 0.2) is 0 Å². The number of H-pyrrole nitrogens is 1. The van der Waals surface area contributed by atoms with Gasteiger partial charge in [0, 0.05) is 29.9 Å². The molecule has 0 spiro atoms. The second-order valence-electron chi connectivity index (χ2n) is 9.51. The standard InChI is InChI=1S/C25H36N6O7/c1-13(2)9-16(26)22(34)31-20(12-32)24(36)30-19(10-14-11-28-17-6-4-3-5-15(14)17)23(35)29-18(25(37)38)7-8-21(27)33/h3-6,11,13,16,18-20,28,32H,7-10,12,26H2,1-2H3,(H2,27,33)(H,29,35)(H,30,36)(H,31,34)(H,37,38). The number of nitrogens with one attached hydrogen (secondary N) is 4. The predicted octanol–water partition coefficient (Wildman–Crippen LogP) is -1.12. The summed E-state index contributed by atoms with van der Waals surface area (Å²) in [5, 5.41) is 27.2. The number of hydrogen-bond donors (Lipinski definition) is 8. The number of carbonyl (C=O) groups excluding carboxylic acids is 4. The maximum Gasteiger partial charge on any atom is 0.326 e. The number of nitrogens with two attached hydrogens (primary N) is 2. The van der Waals surface area contributed by atoms with Gasteiger partial charge in [-0.2, -0.15) is 0 Å². The highest BCUT2D eigenvalue weighted by Gasteiger charge is 2.31. The Morgan fingerprint density at radius 3 is 2.16 bits per heavy atom. The second kappa shape index (κ2) is 14.1. The summed E-state index contributed by atoms with van der Waals surface area (Å²) in [6.07, 6.45) is 1.47. The molecule has 0 bridgehead atoms. The van der Waals surface area contributed by atoms with E-state index < -0.39 is 60.4 Å². The summed E-state index contributed by atoms with van der Waals surface area (Å²) in [6.45, 7) is 3.00. The van der Waals surface area contributed by atoms with Crippen LogP contribution in [0.3, 0.4) is 0 Å². The van der Waals surface area contributed by atoms with Gasteiger partial charge in [0.05, 0.1) is 12.6 Å². The van der Waals surface area contributed by atoms with Crippen LogP contribution in [-0.4, -0.2) is 75.6 Å². The van der Waals surface area contributed by atoms with Gasteiger partial charge in [-0.25, -0.2) is 4.79 Å². The number of primary amides is 1. The number of para-hydroxylation sites is 1. The van der Waals surface area contributed by atoms with Crippen LogP contribution in [0.5, 0.6) is 0 Å². The molecule has 1 aromatic carbocycles. The van der Waals surface area contributed by atoms with E-state index in [0.29, 0.717) is 12.0 Å². The lowest BCUT2D eigenvalue weighted by Gasteiger charge is -2.24. The van der Waals surface area contributed by atoms with E-state index in [9.17, 15) is 34.2 Å². The van der Waals surface area contributed by atoms with E-state index in [1.165, 1.54) is 0 Å². The summed E-state index contributed by atoms with van der Waals surface area (Å²) < 4.78 is 0. The molecule has 38 heavy (non-hydrogen) atoms. The number of aliphatic hydroxyl groups excluding tert-OH is 1. The molecule has 0 aliphatic heterocycles. The topological polar surface area (TPSA) is 230 Å². The van der Waals surface area contributed by atoms with Crippen LogP contribution in [0.2, 0.25) is 0 Å². The average Bonchev–Trinajstić information content (AvgIpc) is 3.26. The van der Waals surface area contributed by atoms with E-state index in [-0.39, 0.29) is 25.2 Å². The molecule has 13 nitrogen and oxygen atoms in total. The molecule has 1 heterocycles. The number of carbonyl (C=O) groups is 5. The third kappa shape index (κ3) is 8.85. The van der Waals surface area contributed by atoms with Crippen LogP contribution >= 0.6 is 0 Å². The Kier molecular flexibility index (Phi) is 11.2. The van der Waals surface area contributed by atoms with Crippen LogP contribution in [0.4, 0.5) is 0 Å². The summed E-state index contributed by atoms with van der Waals surface area (Å²) >= 11 is 0. The lowest BCUT2D eigenvalue weighted by atomic mass is 10.0. The van der Waals surface area contributed by atoms with Crippen molar-refractivity contribution in [3.8, 4) is 0 Å².